The van der Waals surface area contributed by atoms with Gasteiger partial charge >= 0.3 is 5.97 Å². The first-order valence-electron chi connectivity index (χ1n) is 6.20. The molecule has 0 saturated heterocycles. The Labute approximate surface area is 103 Å². The number of hydrogen-bond acceptors (Lipinski definition) is 3. The molecule has 0 aromatic heterocycles. The largest absolute Gasteiger partial charge is 0.442 e. The van der Waals surface area contributed by atoms with Gasteiger partial charge in [-0.25, -0.2) is 0 Å². The highest BCUT2D eigenvalue weighted by Gasteiger charge is 2.16. The van der Waals surface area contributed by atoms with Crippen molar-refractivity contribution in [2.24, 2.45) is 0 Å². The minimum atomic E-state index is -0.221. The summed E-state index contributed by atoms with van der Waals surface area (Å²) < 4.78 is 5.39. The van der Waals surface area contributed by atoms with Crippen LogP contribution in [0.2, 0.25) is 0 Å². The van der Waals surface area contributed by atoms with Gasteiger partial charge in [0.05, 0.1) is 0 Å². The molecular weight excluding hydrogens is 214 g/mol. The van der Waals surface area contributed by atoms with Crippen molar-refractivity contribution >= 4 is 11.7 Å². The zero-order valence-electron chi connectivity index (χ0n) is 10.8. The number of nitrogens with zero attached hydrogens (tertiary/aromatic N) is 1. The second-order valence-electron chi connectivity index (χ2n) is 3.96. The van der Waals surface area contributed by atoms with Gasteiger partial charge in [0.2, 0.25) is 0 Å². The highest BCUT2D eigenvalue weighted by molar-refractivity contribution is 5.69. The molecule has 94 valence electrons. The number of hydrogen-bond donors (Lipinski definition) is 0. The lowest BCUT2D eigenvalue weighted by Crippen LogP contribution is -2.36. The van der Waals surface area contributed by atoms with Crippen molar-refractivity contribution in [3.05, 3.63) is 30.3 Å². The Hall–Kier alpha value is -1.51. The summed E-state index contributed by atoms with van der Waals surface area (Å²) in [5, 5.41) is 0. The topological polar surface area (TPSA) is 29.5 Å². The molecule has 0 radical (unpaired) electrons. The Balaban J connectivity index is 2.65. The van der Waals surface area contributed by atoms with E-state index in [-0.39, 0.29) is 12.2 Å². The third kappa shape index (κ3) is 4.10. The summed E-state index contributed by atoms with van der Waals surface area (Å²) >= 11 is 0. The van der Waals surface area contributed by atoms with E-state index in [0.29, 0.717) is 6.42 Å². The molecule has 3 nitrogen and oxygen atoms in total. The SMILES string of the molecule is CCCC(=O)OC(C)N(CC)c1ccccc1. The lowest BCUT2D eigenvalue weighted by molar-refractivity contribution is -0.148. The fourth-order valence-corrected chi connectivity index (χ4v) is 1.79. The zero-order chi connectivity index (χ0) is 12.7. The van der Waals surface area contributed by atoms with E-state index >= 15 is 0 Å². The number of para-hydroxylation sites is 1. The number of carbonyl (C=O) groups excluding carboxylic acids is 1. The molecule has 0 aliphatic carbocycles. The van der Waals surface area contributed by atoms with Crippen LogP contribution in [0.1, 0.15) is 33.6 Å². The Bertz CT molecular complexity index is 337. The summed E-state index contributed by atoms with van der Waals surface area (Å²) in [6.45, 7) is 6.74. The Kier molecular flexibility index (Phi) is 5.53. The van der Waals surface area contributed by atoms with Crippen LogP contribution in [0.4, 0.5) is 5.69 Å². The highest BCUT2D eigenvalue weighted by atomic mass is 16.6. The summed E-state index contributed by atoms with van der Waals surface area (Å²) in [5.74, 6) is -0.130. The van der Waals surface area contributed by atoms with Crippen LogP contribution in [0.25, 0.3) is 0 Å². The molecule has 1 aromatic carbocycles. The van der Waals surface area contributed by atoms with Gasteiger partial charge in [-0.3, -0.25) is 4.79 Å². The molecule has 1 unspecified atom stereocenters. The molecule has 0 saturated carbocycles. The van der Waals surface area contributed by atoms with Crippen molar-refractivity contribution in [3.8, 4) is 0 Å². The molecule has 0 fully saturated rings. The first-order chi connectivity index (χ1) is 8.19. The Morgan fingerprint density at radius 1 is 1.29 bits per heavy atom. The summed E-state index contributed by atoms with van der Waals surface area (Å²) in [5.41, 5.74) is 1.08. The van der Waals surface area contributed by atoms with Gasteiger partial charge in [-0.15, -0.1) is 0 Å². The van der Waals surface area contributed by atoms with Crippen LogP contribution in [0.3, 0.4) is 0 Å². The number of rotatable bonds is 6. The van der Waals surface area contributed by atoms with Crippen molar-refractivity contribution in [1.29, 1.82) is 0 Å². The van der Waals surface area contributed by atoms with Gasteiger partial charge in [-0.05, 0) is 32.4 Å². The van der Waals surface area contributed by atoms with Crippen molar-refractivity contribution in [2.75, 3.05) is 11.4 Å². The molecule has 0 heterocycles. The van der Waals surface area contributed by atoms with E-state index in [4.69, 9.17) is 4.74 Å². The van der Waals surface area contributed by atoms with Crippen molar-refractivity contribution < 1.29 is 9.53 Å². The van der Waals surface area contributed by atoms with Crippen LogP contribution in [0.15, 0.2) is 30.3 Å². The minimum absolute atomic E-state index is 0.130. The summed E-state index contributed by atoms with van der Waals surface area (Å²) in [6.07, 6.45) is 1.08. The third-order valence-electron chi connectivity index (χ3n) is 2.62. The molecule has 0 aliphatic rings. The Morgan fingerprint density at radius 3 is 2.47 bits per heavy atom. The van der Waals surface area contributed by atoms with Crippen LogP contribution in [-0.4, -0.2) is 18.7 Å². The lowest BCUT2D eigenvalue weighted by atomic mass is 10.3. The standard InChI is InChI=1S/C14H21NO2/c1-4-9-14(16)17-12(3)15(5-2)13-10-7-6-8-11-13/h6-8,10-12H,4-5,9H2,1-3H3. The summed E-state index contributed by atoms with van der Waals surface area (Å²) in [4.78, 5) is 13.5. The number of ether oxygens (including phenoxy) is 1. The average molecular weight is 235 g/mol. The first kappa shape index (κ1) is 13.6. The predicted octanol–water partition coefficient (Wildman–Crippen LogP) is 3.20. The average Bonchev–Trinajstić information content (AvgIpc) is 2.31. The van der Waals surface area contributed by atoms with Gasteiger partial charge in [0.25, 0.3) is 0 Å². The zero-order valence-corrected chi connectivity index (χ0v) is 10.8. The molecule has 3 heteroatoms. The number of benzene rings is 1. The lowest BCUT2D eigenvalue weighted by Gasteiger charge is -2.29. The number of esters is 1. The van der Waals surface area contributed by atoms with E-state index in [9.17, 15) is 4.79 Å². The molecule has 1 atom stereocenters. The minimum Gasteiger partial charge on any atom is -0.442 e. The quantitative estimate of drug-likeness (QED) is 0.560. The van der Waals surface area contributed by atoms with Crippen molar-refractivity contribution in [2.45, 2.75) is 39.8 Å². The van der Waals surface area contributed by atoms with Gasteiger partial charge in [-0.2, -0.15) is 0 Å². The molecule has 0 bridgehead atoms. The molecule has 1 rings (SSSR count). The maximum absolute atomic E-state index is 11.5. The smallest absolute Gasteiger partial charge is 0.307 e. The summed E-state index contributed by atoms with van der Waals surface area (Å²) in [7, 11) is 0. The van der Waals surface area contributed by atoms with E-state index in [2.05, 4.69) is 11.8 Å². The molecule has 1 aromatic rings. The van der Waals surface area contributed by atoms with E-state index in [0.717, 1.165) is 18.7 Å². The van der Waals surface area contributed by atoms with E-state index in [1.807, 2.05) is 44.2 Å². The molecule has 0 spiro atoms. The fraction of sp³-hybridized carbons (Fsp3) is 0.500. The summed E-state index contributed by atoms with van der Waals surface area (Å²) in [6, 6.07) is 9.99. The maximum atomic E-state index is 11.5. The van der Waals surface area contributed by atoms with Crippen molar-refractivity contribution in [3.63, 3.8) is 0 Å². The molecule has 17 heavy (non-hydrogen) atoms. The molecule has 0 N–H and O–H groups in total. The number of carbonyl (C=O) groups is 1. The van der Waals surface area contributed by atoms with E-state index in [1.165, 1.54) is 0 Å². The van der Waals surface area contributed by atoms with Gasteiger partial charge in [0.1, 0.15) is 0 Å². The van der Waals surface area contributed by atoms with Crippen LogP contribution in [0, 0.1) is 0 Å². The van der Waals surface area contributed by atoms with Gasteiger partial charge < -0.3 is 9.64 Å². The predicted molar refractivity (Wildman–Crippen MR) is 69.9 cm³/mol. The third-order valence-corrected chi connectivity index (χ3v) is 2.62. The molecular formula is C14H21NO2. The van der Waals surface area contributed by atoms with Crippen molar-refractivity contribution in [1.82, 2.24) is 0 Å². The van der Waals surface area contributed by atoms with Gasteiger partial charge in [-0.1, -0.05) is 25.1 Å². The first-order valence-corrected chi connectivity index (χ1v) is 6.20. The Morgan fingerprint density at radius 2 is 1.94 bits per heavy atom. The normalized spacial score (nSPS) is 11.9. The van der Waals surface area contributed by atoms with E-state index < -0.39 is 0 Å². The van der Waals surface area contributed by atoms with Crippen LogP contribution < -0.4 is 4.90 Å². The second-order valence-corrected chi connectivity index (χ2v) is 3.96. The van der Waals surface area contributed by atoms with Crippen LogP contribution >= 0.6 is 0 Å². The fourth-order valence-electron chi connectivity index (χ4n) is 1.79. The van der Waals surface area contributed by atoms with Crippen LogP contribution in [0.5, 0.6) is 0 Å². The number of anilines is 1. The van der Waals surface area contributed by atoms with Gasteiger partial charge in [0, 0.05) is 18.7 Å². The van der Waals surface area contributed by atoms with Gasteiger partial charge in [0.15, 0.2) is 6.23 Å². The molecule has 0 aliphatic heterocycles. The maximum Gasteiger partial charge on any atom is 0.307 e. The van der Waals surface area contributed by atoms with Crippen LogP contribution in [-0.2, 0) is 9.53 Å². The monoisotopic (exact) mass is 235 g/mol. The highest BCUT2D eigenvalue weighted by Crippen LogP contribution is 2.17. The second kappa shape index (κ2) is 6.94. The molecule has 0 amide bonds. The van der Waals surface area contributed by atoms with E-state index in [1.54, 1.807) is 0 Å².